The van der Waals surface area contributed by atoms with Crippen molar-refractivity contribution in [2.45, 2.75) is 25.2 Å². The van der Waals surface area contributed by atoms with Gasteiger partial charge in [0, 0.05) is 13.1 Å². The Labute approximate surface area is 130 Å². The van der Waals surface area contributed by atoms with Crippen LogP contribution in [0.5, 0.6) is 5.75 Å². The minimum atomic E-state index is -3.69. The number of carboxylic acid groups (broad SMARTS) is 1. The zero-order valence-electron chi connectivity index (χ0n) is 12.9. The Bertz CT molecular complexity index is 661. The molecule has 0 aliphatic carbocycles. The molecular weight excluding hydrogens is 306 g/mol. The van der Waals surface area contributed by atoms with Gasteiger partial charge in [-0.3, -0.25) is 0 Å². The van der Waals surface area contributed by atoms with Crippen molar-refractivity contribution in [2.75, 3.05) is 20.2 Å². The van der Waals surface area contributed by atoms with Gasteiger partial charge in [0.15, 0.2) is 0 Å². The van der Waals surface area contributed by atoms with Crippen LogP contribution in [0.25, 0.3) is 0 Å². The van der Waals surface area contributed by atoms with E-state index in [0.29, 0.717) is 13.1 Å². The van der Waals surface area contributed by atoms with E-state index < -0.39 is 16.0 Å². The van der Waals surface area contributed by atoms with Crippen molar-refractivity contribution < 1.29 is 23.1 Å². The van der Waals surface area contributed by atoms with Gasteiger partial charge in [-0.05, 0) is 36.5 Å². The lowest BCUT2D eigenvalue weighted by atomic mass is 9.94. The van der Waals surface area contributed by atoms with Crippen LogP contribution in [-0.2, 0) is 10.0 Å². The summed E-state index contributed by atoms with van der Waals surface area (Å²) in [5.41, 5.74) is -0.151. The highest BCUT2D eigenvalue weighted by atomic mass is 32.2. The summed E-state index contributed by atoms with van der Waals surface area (Å²) in [6, 6.07) is 3.94. The molecule has 2 rings (SSSR count). The van der Waals surface area contributed by atoms with E-state index in [4.69, 9.17) is 4.74 Å². The van der Waals surface area contributed by atoms with Gasteiger partial charge in [-0.2, -0.15) is 4.31 Å². The van der Waals surface area contributed by atoms with Gasteiger partial charge in [0.05, 0.1) is 12.0 Å². The number of nitrogens with zero attached hydrogens (tertiary/aromatic N) is 1. The molecule has 0 unspecified atom stereocenters. The van der Waals surface area contributed by atoms with E-state index in [9.17, 15) is 18.3 Å². The molecule has 0 aromatic heterocycles. The van der Waals surface area contributed by atoms with E-state index in [1.54, 1.807) is 0 Å². The number of hydrogen-bond donors (Lipinski definition) is 1. The summed E-state index contributed by atoms with van der Waals surface area (Å²) in [5, 5.41) is 9.19. The monoisotopic (exact) mass is 327 g/mol. The molecule has 6 nitrogen and oxygen atoms in total. The predicted octanol–water partition coefficient (Wildman–Crippen LogP) is 2.06. The SMILES string of the molecule is COc1ccc(S(=O)(=O)N2C[C@H](C)C[C@H](C)C2)cc1C(=O)O. The minimum absolute atomic E-state index is 0.00741. The molecule has 0 amide bonds. The number of aromatic carboxylic acids is 1. The third-order valence-corrected chi connectivity index (χ3v) is 5.70. The zero-order valence-corrected chi connectivity index (χ0v) is 13.8. The Morgan fingerprint density at radius 1 is 1.27 bits per heavy atom. The second-order valence-corrected chi connectivity index (χ2v) is 7.87. The highest BCUT2D eigenvalue weighted by Gasteiger charge is 2.32. The highest BCUT2D eigenvalue weighted by molar-refractivity contribution is 7.89. The van der Waals surface area contributed by atoms with Crippen molar-refractivity contribution in [1.29, 1.82) is 0 Å². The number of carbonyl (C=O) groups is 1. The van der Waals surface area contributed by atoms with Gasteiger partial charge in [0.1, 0.15) is 11.3 Å². The molecule has 1 heterocycles. The van der Waals surface area contributed by atoms with E-state index in [2.05, 4.69) is 0 Å². The lowest BCUT2D eigenvalue weighted by Gasteiger charge is -2.34. The molecule has 1 aliphatic heterocycles. The lowest BCUT2D eigenvalue weighted by Crippen LogP contribution is -2.42. The number of piperidine rings is 1. The molecule has 1 aromatic carbocycles. The summed E-state index contributed by atoms with van der Waals surface area (Å²) in [5.74, 6) is -0.493. The Kier molecular flexibility index (Phi) is 4.77. The lowest BCUT2D eigenvalue weighted by molar-refractivity contribution is 0.0693. The first-order valence-corrected chi connectivity index (χ1v) is 8.61. The number of benzene rings is 1. The fourth-order valence-corrected chi connectivity index (χ4v) is 4.67. The van der Waals surface area contributed by atoms with Crippen LogP contribution in [0, 0.1) is 11.8 Å². The predicted molar refractivity (Wildman–Crippen MR) is 81.7 cm³/mol. The Morgan fingerprint density at radius 2 is 1.86 bits per heavy atom. The van der Waals surface area contributed by atoms with Gasteiger partial charge in [-0.1, -0.05) is 13.8 Å². The molecule has 0 bridgehead atoms. The van der Waals surface area contributed by atoms with Gasteiger partial charge in [0.25, 0.3) is 0 Å². The van der Waals surface area contributed by atoms with Gasteiger partial charge >= 0.3 is 5.97 Å². The van der Waals surface area contributed by atoms with Crippen molar-refractivity contribution in [2.24, 2.45) is 11.8 Å². The number of hydrogen-bond acceptors (Lipinski definition) is 4. The molecule has 22 heavy (non-hydrogen) atoms. The first-order valence-electron chi connectivity index (χ1n) is 7.17. The quantitative estimate of drug-likeness (QED) is 0.915. The van der Waals surface area contributed by atoms with E-state index in [0.717, 1.165) is 6.42 Å². The molecule has 0 saturated carbocycles. The molecule has 0 radical (unpaired) electrons. The summed E-state index contributed by atoms with van der Waals surface area (Å²) >= 11 is 0. The van der Waals surface area contributed by atoms with Crippen LogP contribution in [0.3, 0.4) is 0 Å². The molecular formula is C15H21NO5S. The number of sulfonamides is 1. The maximum Gasteiger partial charge on any atom is 0.339 e. The van der Waals surface area contributed by atoms with Crippen molar-refractivity contribution in [3.05, 3.63) is 23.8 Å². The molecule has 1 N–H and O–H groups in total. The van der Waals surface area contributed by atoms with Crippen LogP contribution in [0.1, 0.15) is 30.6 Å². The van der Waals surface area contributed by atoms with Crippen LogP contribution in [0.2, 0.25) is 0 Å². The average molecular weight is 327 g/mol. The number of carboxylic acids is 1. The van der Waals surface area contributed by atoms with Gasteiger partial charge in [-0.15, -0.1) is 0 Å². The maximum atomic E-state index is 12.7. The normalized spacial score (nSPS) is 23.2. The fourth-order valence-electron chi connectivity index (χ4n) is 2.97. The Balaban J connectivity index is 2.41. The van der Waals surface area contributed by atoms with Crippen molar-refractivity contribution >= 4 is 16.0 Å². The third kappa shape index (κ3) is 3.25. The summed E-state index contributed by atoms with van der Waals surface area (Å²) in [6.45, 7) is 4.96. The molecule has 0 spiro atoms. The maximum absolute atomic E-state index is 12.7. The fraction of sp³-hybridized carbons (Fsp3) is 0.533. The first kappa shape index (κ1) is 16.8. The van der Waals surface area contributed by atoms with E-state index >= 15 is 0 Å². The minimum Gasteiger partial charge on any atom is -0.496 e. The summed E-state index contributed by atoms with van der Waals surface area (Å²) in [4.78, 5) is 11.2. The molecule has 1 fully saturated rings. The van der Waals surface area contributed by atoms with Gasteiger partial charge in [-0.25, -0.2) is 13.2 Å². The van der Waals surface area contributed by atoms with Crippen LogP contribution < -0.4 is 4.74 Å². The van der Waals surface area contributed by atoms with Crippen LogP contribution in [0.4, 0.5) is 0 Å². The third-order valence-electron chi connectivity index (χ3n) is 3.87. The molecule has 2 atom stereocenters. The van der Waals surface area contributed by atoms with Crippen LogP contribution >= 0.6 is 0 Å². The van der Waals surface area contributed by atoms with Crippen molar-refractivity contribution in [1.82, 2.24) is 4.31 Å². The van der Waals surface area contributed by atoms with Gasteiger partial charge in [0.2, 0.25) is 10.0 Å². The standard InChI is InChI=1S/C15H21NO5S/c1-10-6-11(2)9-16(8-10)22(19,20)12-4-5-14(21-3)13(7-12)15(17)18/h4-5,7,10-11H,6,8-9H2,1-3H3,(H,17,18)/t10-,11+. The van der Waals surface area contributed by atoms with E-state index in [1.807, 2.05) is 13.8 Å². The largest absolute Gasteiger partial charge is 0.496 e. The second-order valence-electron chi connectivity index (χ2n) is 5.94. The Hall–Kier alpha value is -1.60. The summed E-state index contributed by atoms with van der Waals surface area (Å²) < 4.78 is 31.9. The van der Waals surface area contributed by atoms with Crippen molar-refractivity contribution in [3.63, 3.8) is 0 Å². The van der Waals surface area contributed by atoms with E-state index in [1.165, 1.54) is 29.6 Å². The Morgan fingerprint density at radius 3 is 2.36 bits per heavy atom. The van der Waals surface area contributed by atoms with Crippen molar-refractivity contribution in [3.8, 4) is 5.75 Å². The number of ether oxygens (including phenoxy) is 1. The van der Waals surface area contributed by atoms with E-state index in [-0.39, 0.29) is 28.0 Å². The summed E-state index contributed by atoms with van der Waals surface area (Å²) in [6.07, 6.45) is 0.995. The first-order chi connectivity index (χ1) is 10.3. The van der Waals surface area contributed by atoms with Crippen LogP contribution in [0.15, 0.2) is 23.1 Å². The highest BCUT2D eigenvalue weighted by Crippen LogP contribution is 2.29. The number of methoxy groups -OCH3 is 1. The molecule has 1 saturated heterocycles. The molecule has 1 aliphatic rings. The zero-order chi connectivity index (χ0) is 16.5. The second kappa shape index (κ2) is 6.26. The smallest absolute Gasteiger partial charge is 0.339 e. The number of rotatable bonds is 4. The average Bonchev–Trinajstić information content (AvgIpc) is 2.45. The van der Waals surface area contributed by atoms with Crippen LogP contribution in [-0.4, -0.2) is 44.0 Å². The topological polar surface area (TPSA) is 83.9 Å². The molecule has 7 heteroatoms. The molecule has 1 aromatic rings. The summed E-state index contributed by atoms with van der Waals surface area (Å²) in [7, 11) is -2.34. The molecule has 122 valence electrons. The van der Waals surface area contributed by atoms with Gasteiger partial charge < -0.3 is 9.84 Å².